The van der Waals surface area contributed by atoms with E-state index in [2.05, 4.69) is 37.2 Å². The molecule has 0 bridgehead atoms. The first kappa shape index (κ1) is 15.9. The third-order valence-corrected chi connectivity index (χ3v) is 3.99. The molecule has 0 saturated heterocycles. The zero-order valence-corrected chi connectivity index (χ0v) is 14.5. The van der Waals surface area contributed by atoms with Gasteiger partial charge in [0.05, 0.1) is 10.2 Å². The van der Waals surface area contributed by atoms with Gasteiger partial charge < -0.3 is 15.8 Å². The number of amides is 1. The number of carbonyl (C=O) groups excluding carboxylic acids is 1. The lowest BCUT2D eigenvalue weighted by Crippen LogP contribution is -2.20. The van der Waals surface area contributed by atoms with E-state index in [-0.39, 0.29) is 12.5 Å². The maximum atomic E-state index is 11.9. The summed E-state index contributed by atoms with van der Waals surface area (Å²) in [6.07, 6.45) is 0. The number of halogens is 2. The predicted octanol–water partition coefficient (Wildman–Crippen LogP) is 4.12. The van der Waals surface area contributed by atoms with E-state index < -0.39 is 0 Å². The quantitative estimate of drug-likeness (QED) is 0.741. The van der Waals surface area contributed by atoms with Crippen molar-refractivity contribution < 1.29 is 9.53 Å². The number of nitrogens with two attached hydrogens (primary N) is 1. The van der Waals surface area contributed by atoms with Crippen LogP contribution in [0.1, 0.15) is 5.56 Å². The zero-order chi connectivity index (χ0) is 15.4. The van der Waals surface area contributed by atoms with Gasteiger partial charge in [0.2, 0.25) is 0 Å². The molecule has 4 nitrogen and oxygen atoms in total. The molecule has 0 saturated carbocycles. The van der Waals surface area contributed by atoms with Crippen LogP contribution in [0.25, 0.3) is 0 Å². The highest BCUT2D eigenvalue weighted by Gasteiger charge is 2.08. The first-order valence-corrected chi connectivity index (χ1v) is 7.78. The molecular formula is C15H14Br2N2O2. The second-order valence-electron chi connectivity index (χ2n) is 4.51. The van der Waals surface area contributed by atoms with Crippen molar-refractivity contribution in [3.8, 4) is 5.75 Å². The molecule has 0 unspecified atom stereocenters. The van der Waals surface area contributed by atoms with E-state index >= 15 is 0 Å². The molecule has 0 fully saturated rings. The molecule has 0 aliphatic heterocycles. The summed E-state index contributed by atoms with van der Waals surface area (Å²) >= 11 is 6.75. The Balaban J connectivity index is 1.96. The second kappa shape index (κ2) is 6.95. The van der Waals surface area contributed by atoms with Crippen molar-refractivity contribution in [2.75, 3.05) is 17.7 Å². The van der Waals surface area contributed by atoms with Crippen LogP contribution in [-0.2, 0) is 4.79 Å². The minimum atomic E-state index is -0.243. The van der Waals surface area contributed by atoms with Gasteiger partial charge in [0.15, 0.2) is 6.61 Å². The molecule has 1 amide bonds. The molecule has 0 aromatic heterocycles. The van der Waals surface area contributed by atoms with Gasteiger partial charge in [0.25, 0.3) is 5.91 Å². The summed E-state index contributed by atoms with van der Waals surface area (Å²) in [7, 11) is 0. The fourth-order valence-electron chi connectivity index (χ4n) is 1.69. The van der Waals surface area contributed by atoms with Crippen LogP contribution >= 0.6 is 31.9 Å². The van der Waals surface area contributed by atoms with Crippen molar-refractivity contribution in [3.05, 3.63) is 50.9 Å². The number of hydrogen-bond acceptors (Lipinski definition) is 3. The van der Waals surface area contributed by atoms with Gasteiger partial charge in [-0.2, -0.15) is 0 Å². The lowest BCUT2D eigenvalue weighted by atomic mass is 10.2. The van der Waals surface area contributed by atoms with Crippen LogP contribution in [0.4, 0.5) is 11.4 Å². The Morgan fingerprint density at radius 3 is 2.62 bits per heavy atom. The highest BCUT2D eigenvalue weighted by atomic mass is 79.9. The molecule has 0 atom stereocenters. The third kappa shape index (κ3) is 4.47. The summed E-state index contributed by atoms with van der Waals surface area (Å²) in [5.74, 6) is 0.389. The number of nitrogen functional groups attached to an aromatic ring is 1. The van der Waals surface area contributed by atoms with Crippen LogP contribution in [0.5, 0.6) is 5.75 Å². The SMILES string of the molecule is Cc1ccc(OCC(=O)Nc2ccc(N)cc2Br)c(Br)c1. The average molecular weight is 414 g/mol. The van der Waals surface area contributed by atoms with Crippen LogP contribution in [-0.4, -0.2) is 12.5 Å². The molecule has 2 aromatic carbocycles. The van der Waals surface area contributed by atoms with E-state index in [1.54, 1.807) is 18.2 Å². The molecule has 0 heterocycles. The standard InChI is InChI=1S/C15H14Br2N2O2/c1-9-2-5-14(12(17)6-9)21-8-15(20)19-13-4-3-10(18)7-11(13)16/h2-7H,8,18H2,1H3,(H,19,20). The van der Waals surface area contributed by atoms with Crippen molar-refractivity contribution in [2.24, 2.45) is 0 Å². The van der Waals surface area contributed by atoms with Gasteiger partial charge in [0, 0.05) is 10.2 Å². The van der Waals surface area contributed by atoms with Crippen molar-refractivity contribution in [1.82, 2.24) is 0 Å². The van der Waals surface area contributed by atoms with Crippen LogP contribution in [0, 0.1) is 6.92 Å². The van der Waals surface area contributed by atoms with Gasteiger partial charge in [-0.3, -0.25) is 4.79 Å². The largest absolute Gasteiger partial charge is 0.483 e. The molecular weight excluding hydrogens is 400 g/mol. The zero-order valence-electron chi connectivity index (χ0n) is 11.3. The molecule has 0 aliphatic carbocycles. The van der Waals surface area contributed by atoms with E-state index in [0.717, 1.165) is 14.5 Å². The Morgan fingerprint density at radius 1 is 1.19 bits per heavy atom. The van der Waals surface area contributed by atoms with Crippen molar-refractivity contribution in [3.63, 3.8) is 0 Å². The molecule has 110 valence electrons. The summed E-state index contributed by atoms with van der Waals surface area (Å²) in [6, 6.07) is 10.9. The highest BCUT2D eigenvalue weighted by Crippen LogP contribution is 2.26. The van der Waals surface area contributed by atoms with Gasteiger partial charge in [0.1, 0.15) is 5.75 Å². The molecule has 0 spiro atoms. The molecule has 0 aliphatic rings. The van der Waals surface area contributed by atoms with Crippen LogP contribution in [0.15, 0.2) is 45.3 Å². The predicted molar refractivity (Wildman–Crippen MR) is 91.6 cm³/mol. The van der Waals surface area contributed by atoms with E-state index in [1.807, 2.05) is 25.1 Å². The Hall–Kier alpha value is -1.53. The first-order valence-electron chi connectivity index (χ1n) is 6.19. The summed E-state index contributed by atoms with van der Waals surface area (Å²) in [5.41, 5.74) is 8.04. The maximum absolute atomic E-state index is 11.9. The molecule has 6 heteroatoms. The fraction of sp³-hybridized carbons (Fsp3) is 0.133. The summed E-state index contributed by atoms with van der Waals surface area (Å²) in [4.78, 5) is 11.9. The van der Waals surface area contributed by atoms with Gasteiger partial charge in [-0.25, -0.2) is 0 Å². The maximum Gasteiger partial charge on any atom is 0.262 e. The minimum Gasteiger partial charge on any atom is -0.483 e. The smallest absolute Gasteiger partial charge is 0.262 e. The lowest BCUT2D eigenvalue weighted by molar-refractivity contribution is -0.118. The topological polar surface area (TPSA) is 64.3 Å². The van der Waals surface area contributed by atoms with Gasteiger partial charge in [-0.1, -0.05) is 6.07 Å². The molecule has 3 N–H and O–H groups in total. The van der Waals surface area contributed by atoms with Gasteiger partial charge in [-0.05, 0) is 74.7 Å². The van der Waals surface area contributed by atoms with Crippen molar-refractivity contribution >= 4 is 49.1 Å². The number of hydrogen-bond donors (Lipinski definition) is 2. The molecule has 2 rings (SSSR count). The average Bonchev–Trinajstić information content (AvgIpc) is 2.41. The van der Waals surface area contributed by atoms with Crippen molar-refractivity contribution in [2.45, 2.75) is 6.92 Å². The minimum absolute atomic E-state index is 0.0710. The third-order valence-electron chi connectivity index (χ3n) is 2.71. The lowest BCUT2D eigenvalue weighted by Gasteiger charge is -2.10. The molecule has 2 aromatic rings. The van der Waals surface area contributed by atoms with E-state index in [0.29, 0.717) is 17.1 Å². The van der Waals surface area contributed by atoms with Crippen LogP contribution < -0.4 is 15.8 Å². The van der Waals surface area contributed by atoms with Crippen molar-refractivity contribution in [1.29, 1.82) is 0 Å². The van der Waals surface area contributed by atoms with Crippen LogP contribution in [0.3, 0.4) is 0 Å². The number of anilines is 2. The number of aryl methyl sites for hydroxylation is 1. The normalized spacial score (nSPS) is 10.2. The fourth-order valence-corrected chi connectivity index (χ4v) is 2.79. The van der Waals surface area contributed by atoms with Gasteiger partial charge >= 0.3 is 0 Å². The van der Waals surface area contributed by atoms with Crippen LogP contribution in [0.2, 0.25) is 0 Å². The molecule has 0 radical (unpaired) electrons. The Morgan fingerprint density at radius 2 is 1.95 bits per heavy atom. The number of carbonyl (C=O) groups is 1. The van der Waals surface area contributed by atoms with Gasteiger partial charge in [-0.15, -0.1) is 0 Å². The summed E-state index contributed by atoms with van der Waals surface area (Å²) in [5, 5.41) is 2.76. The van der Waals surface area contributed by atoms with E-state index in [1.165, 1.54) is 0 Å². The Kier molecular flexibility index (Phi) is 5.25. The van der Waals surface area contributed by atoms with E-state index in [4.69, 9.17) is 10.5 Å². The monoisotopic (exact) mass is 412 g/mol. The van der Waals surface area contributed by atoms with E-state index in [9.17, 15) is 4.79 Å². The number of benzene rings is 2. The summed E-state index contributed by atoms with van der Waals surface area (Å²) in [6.45, 7) is 1.92. The Bertz CT molecular complexity index is 675. The highest BCUT2D eigenvalue weighted by molar-refractivity contribution is 9.11. The molecule has 21 heavy (non-hydrogen) atoms. The summed E-state index contributed by atoms with van der Waals surface area (Å²) < 4.78 is 7.04. The number of ether oxygens (including phenoxy) is 1. The number of rotatable bonds is 4. The number of nitrogens with one attached hydrogen (secondary N) is 1. The first-order chi connectivity index (χ1) is 9.95. The second-order valence-corrected chi connectivity index (χ2v) is 6.22. The Labute approximate surface area is 139 Å².